The summed E-state index contributed by atoms with van der Waals surface area (Å²) in [5.41, 5.74) is 0.150. The van der Waals surface area contributed by atoms with Crippen molar-refractivity contribution in [3.8, 4) is 0 Å². The van der Waals surface area contributed by atoms with Crippen LogP contribution in [0.15, 0.2) is 5.18 Å². The molecule has 0 aromatic carbocycles. The van der Waals surface area contributed by atoms with Gasteiger partial charge < -0.3 is 0 Å². The van der Waals surface area contributed by atoms with E-state index in [1.54, 1.807) is 0 Å². The summed E-state index contributed by atoms with van der Waals surface area (Å²) < 4.78 is 0. The van der Waals surface area contributed by atoms with Crippen molar-refractivity contribution in [2.24, 2.45) is 28.3 Å². The van der Waals surface area contributed by atoms with Gasteiger partial charge in [0.25, 0.3) is 0 Å². The van der Waals surface area contributed by atoms with Gasteiger partial charge in [-0.05, 0) is 30.1 Å². The molecule has 2 nitrogen and oxygen atoms in total. The topological polar surface area (TPSA) is 29.4 Å². The van der Waals surface area contributed by atoms with Crippen LogP contribution in [0.3, 0.4) is 0 Å². The fourth-order valence-corrected chi connectivity index (χ4v) is 2.43. The lowest BCUT2D eigenvalue weighted by molar-refractivity contribution is 0.112. The second-order valence-corrected chi connectivity index (χ2v) is 5.84. The van der Waals surface area contributed by atoms with Crippen LogP contribution in [-0.4, -0.2) is 6.04 Å². The lowest BCUT2D eigenvalue weighted by atomic mass is 9.67. The molecule has 0 aromatic rings. The largest absolute Gasteiger partial charge is 0.151 e. The fraction of sp³-hybridized carbons (Fsp3) is 1.00. The molecule has 0 fully saturated rings. The molecular formula is C12H25NO. The van der Waals surface area contributed by atoms with Gasteiger partial charge in [-0.1, -0.05) is 46.7 Å². The van der Waals surface area contributed by atoms with Crippen LogP contribution in [-0.2, 0) is 0 Å². The number of nitroso groups, excluding NO2 is 1. The molecule has 0 spiro atoms. The molecular weight excluding hydrogens is 174 g/mol. The first-order chi connectivity index (χ1) is 6.21. The summed E-state index contributed by atoms with van der Waals surface area (Å²) >= 11 is 0. The maximum absolute atomic E-state index is 10.7. The Bertz CT molecular complexity index is 181. The van der Waals surface area contributed by atoms with Crippen LogP contribution in [0, 0.1) is 28.1 Å². The Morgan fingerprint density at radius 2 is 1.43 bits per heavy atom. The normalized spacial score (nSPS) is 19.1. The summed E-state index contributed by atoms with van der Waals surface area (Å²) in [7, 11) is 0. The molecule has 0 aliphatic heterocycles. The van der Waals surface area contributed by atoms with Gasteiger partial charge in [0.15, 0.2) is 0 Å². The summed E-state index contributed by atoms with van der Waals surface area (Å²) in [5.74, 6) is 1.49. The first-order valence-electron chi connectivity index (χ1n) is 5.54. The smallest absolute Gasteiger partial charge is 0.0927 e. The van der Waals surface area contributed by atoms with Crippen LogP contribution < -0.4 is 0 Å². The molecule has 0 aliphatic rings. The van der Waals surface area contributed by atoms with E-state index in [0.29, 0.717) is 17.8 Å². The quantitative estimate of drug-likeness (QED) is 0.627. The summed E-state index contributed by atoms with van der Waals surface area (Å²) in [6, 6.07) is -0.0904. The first-order valence-corrected chi connectivity index (χ1v) is 5.54. The SMILES string of the molecule is CC(N=O)[C@H]([C@@H](C)C(C)C)C(C)(C)C. The molecule has 2 heteroatoms. The average molecular weight is 199 g/mol. The standard InChI is InChI=1S/C12H25NO/c1-8(2)9(3)11(10(4)13-14)12(5,6)7/h8-11H,1-7H3/t9-,10?,11-/m0/s1. The van der Waals surface area contributed by atoms with Gasteiger partial charge in [0, 0.05) is 0 Å². The van der Waals surface area contributed by atoms with Gasteiger partial charge in [-0.25, -0.2) is 0 Å². The lowest BCUT2D eigenvalue weighted by Crippen LogP contribution is -2.36. The summed E-state index contributed by atoms with van der Waals surface area (Å²) in [6.07, 6.45) is 0. The average Bonchev–Trinajstić information content (AvgIpc) is 2.01. The Morgan fingerprint density at radius 1 is 1.00 bits per heavy atom. The van der Waals surface area contributed by atoms with Crippen molar-refractivity contribution in [1.29, 1.82) is 0 Å². The molecule has 0 saturated carbocycles. The fourth-order valence-electron chi connectivity index (χ4n) is 2.43. The minimum Gasteiger partial charge on any atom is -0.151 e. The maximum atomic E-state index is 10.7. The van der Waals surface area contributed by atoms with Gasteiger partial charge in [-0.3, -0.25) is 0 Å². The molecule has 84 valence electrons. The highest BCUT2D eigenvalue weighted by molar-refractivity contribution is 4.86. The Balaban J connectivity index is 4.81. The second-order valence-electron chi connectivity index (χ2n) is 5.84. The van der Waals surface area contributed by atoms with Crippen LogP contribution >= 0.6 is 0 Å². The zero-order chi connectivity index (χ0) is 11.5. The van der Waals surface area contributed by atoms with Gasteiger partial charge in [-0.15, -0.1) is 0 Å². The van der Waals surface area contributed by atoms with E-state index >= 15 is 0 Å². The Morgan fingerprint density at radius 3 is 1.64 bits per heavy atom. The van der Waals surface area contributed by atoms with E-state index in [9.17, 15) is 4.91 Å². The van der Waals surface area contributed by atoms with Crippen molar-refractivity contribution in [3.63, 3.8) is 0 Å². The third kappa shape index (κ3) is 3.39. The molecule has 14 heavy (non-hydrogen) atoms. The van der Waals surface area contributed by atoms with Crippen molar-refractivity contribution in [2.75, 3.05) is 0 Å². The van der Waals surface area contributed by atoms with Crippen LogP contribution in [0.25, 0.3) is 0 Å². The van der Waals surface area contributed by atoms with Crippen molar-refractivity contribution in [1.82, 2.24) is 0 Å². The summed E-state index contributed by atoms with van der Waals surface area (Å²) in [6.45, 7) is 15.2. The van der Waals surface area contributed by atoms with E-state index in [1.165, 1.54) is 0 Å². The molecule has 0 saturated heterocycles. The third-order valence-electron chi connectivity index (χ3n) is 3.30. The van der Waals surface area contributed by atoms with Gasteiger partial charge in [0.2, 0.25) is 0 Å². The third-order valence-corrected chi connectivity index (χ3v) is 3.30. The van der Waals surface area contributed by atoms with Gasteiger partial charge >= 0.3 is 0 Å². The van der Waals surface area contributed by atoms with Crippen molar-refractivity contribution < 1.29 is 0 Å². The second kappa shape index (κ2) is 4.90. The van der Waals surface area contributed by atoms with Crippen molar-refractivity contribution >= 4 is 0 Å². The van der Waals surface area contributed by atoms with Gasteiger partial charge in [0.05, 0.1) is 6.04 Å². The van der Waals surface area contributed by atoms with E-state index in [-0.39, 0.29) is 11.5 Å². The molecule has 0 heterocycles. The van der Waals surface area contributed by atoms with Crippen LogP contribution in [0.5, 0.6) is 0 Å². The zero-order valence-corrected chi connectivity index (χ0v) is 10.7. The van der Waals surface area contributed by atoms with Crippen LogP contribution in [0.1, 0.15) is 48.5 Å². The Labute approximate surface area is 88.4 Å². The monoisotopic (exact) mass is 199 g/mol. The van der Waals surface area contributed by atoms with Crippen molar-refractivity contribution in [2.45, 2.75) is 54.5 Å². The van der Waals surface area contributed by atoms with E-state index in [0.717, 1.165) is 0 Å². The van der Waals surface area contributed by atoms with E-state index < -0.39 is 0 Å². The van der Waals surface area contributed by atoms with E-state index in [1.807, 2.05) is 6.92 Å². The first kappa shape index (κ1) is 13.6. The molecule has 0 rings (SSSR count). The number of nitrogens with zero attached hydrogens (tertiary/aromatic N) is 1. The molecule has 3 atom stereocenters. The molecule has 0 aromatic heterocycles. The van der Waals surface area contributed by atoms with Crippen LogP contribution in [0.2, 0.25) is 0 Å². The highest BCUT2D eigenvalue weighted by Crippen LogP contribution is 2.38. The molecule has 1 unspecified atom stereocenters. The Hall–Kier alpha value is -0.400. The number of rotatable bonds is 4. The number of hydrogen-bond acceptors (Lipinski definition) is 2. The predicted octanol–water partition coefficient (Wildman–Crippen LogP) is 4.10. The molecule has 0 amide bonds. The lowest BCUT2D eigenvalue weighted by Gasteiger charge is -2.38. The Kier molecular flexibility index (Phi) is 4.76. The molecule has 0 bridgehead atoms. The van der Waals surface area contributed by atoms with Gasteiger partial charge in [0.1, 0.15) is 0 Å². The minimum atomic E-state index is -0.0904. The van der Waals surface area contributed by atoms with E-state index in [2.05, 4.69) is 46.7 Å². The number of hydrogen-bond donors (Lipinski definition) is 0. The highest BCUT2D eigenvalue weighted by Gasteiger charge is 2.35. The van der Waals surface area contributed by atoms with Crippen LogP contribution in [0.4, 0.5) is 0 Å². The molecule has 0 radical (unpaired) electrons. The summed E-state index contributed by atoms with van der Waals surface area (Å²) in [4.78, 5) is 10.7. The van der Waals surface area contributed by atoms with E-state index in [4.69, 9.17) is 0 Å². The minimum absolute atomic E-state index is 0.0904. The summed E-state index contributed by atoms with van der Waals surface area (Å²) in [5, 5.41) is 3.21. The predicted molar refractivity (Wildman–Crippen MR) is 62.2 cm³/mol. The van der Waals surface area contributed by atoms with Gasteiger partial charge in [-0.2, -0.15) is 4.91 Å². The zero-order valence-electron chi connectivity index (χ0n) is 10.7. The maximum Gasteiger partial charge on any atom is 0.0927 e. The molecule has 0 aliphatic carbocycles. The van der Waals surface area contributed by atoms with Crippen molar-refractivity contribution in [3.05, 3.63) is 4.91 Å². The molecule has 0 N–H and O–H groups in total. The highest BCUT2D eigenvalue weighted by atomic mass is 16.3.